The molecule has 4 aromatic rings. The lowest BCUT2D eigenvalue weighted by atomic mass is 9.93. The van der Waals surface area contributed by atoms with Gasteiger partial charge in [0.15, 0.2) is 0 Å². The molecule has 0 saturated carbocycles. The van der Waals surface area contributed by atoms with Crippen LogP contribution < -0.4 is 0 Å². The van der Waals surface area contributed by atoms with Gasteiger partial charge in [-0.05, 0) is 102 Å². The number of hydrogen-bond donors (Lipinski definition) is 0. The lowest BCUT2D eigenvalue weighted by molar-refractivity contribution is 1.53. The van der Waals surface area contributed by atoms with Gasteiger partial charge >= 0.3 is 0 Å². The standard InChI is InChI=1S/C24H15Br3/c25-21-11-9-17(10-12-21)19-13-18(16-5-2-1-3-6-16)14-20(15-19)22-7-4-8-23(26)24(22)27/h1-15H. The molecule has 0 heterocycles. The first kappa shape index (κ1) is 18.7. The van der Waals surface area contributed by atoms with E-state index in [-0.39, 0.29) is 0 Å². The van der Waals surface area contributed by atoms with Gasteiger partial charge in [-0.1, -0.05) is 70.5 Å². The van der Waals surface area contributed by atoms with E-state index in [1.165, 1.54) is 33.4 Å². The van der Waals surface area contributed by atoms with E-state index in [0.717, 1.165) is 13.4 Å². The van der Waals surface area contributed by atoms with Crippen molar-refractivity contribution in [2.24, 2.45) is 0 Å². The number of halogens is 3. The van der Waals surface area contributed by atoms with Crippen molar-refractivity contribution in [2.75, 3.05) is 0 Å². The summed E-state index contributed by atoms with van der Waals surface area (Å²) >= 11 is 10.9. The van der Waals surface area contributed by atoms with Gasteiger partial charge in [0.05, 0.1) is 0 Å². The Morgan fingerprint density at radius 3 is 1.70 bits per heavy atom. The predicted molar refractivity (Wildman–Crippen MR) is 126 cm³/mol. The van der Waals surface area contributed by atoms with Gasteiger partial charge in [0, 0.05) is 13.4 Å². The van der Waals surface area contributed by atoms with E-state index in [4.69, 9.17) is 0 Å². The van der Waals surface area contributed by atoms with Crippen molar-refractivity contribution in [3.8, 4) is 33.4 Å². The Hall–Kier alpha value is -1.68. The van der Waals surface area contributed by atoms with Crippen LogP contribution in [0.2, 0.25) is 0 Å². The molecule has 27 heavy (non-hydrogen) atoms. The maximum atomic E-state index is 3.73. The zero-order valence-electron chi connectivity index (χ0n) is 14.3. The van der Waals surface area contributed by atoms with E-state index < -0.39 is 0 Å². The van der Waals surface area contributed by atoms with Crippen LogP contribution in [0.4, 0.5) is 0 Å². The molecule has 0 radical (unpaired) electrons. The average Bonchev–Trinajstić information content (AvgIpc) is 2.71. The second kappa shape index (κ2) is 8.14. The second-order valence-corrected chi connectivity index (χ2v) is 8.84. The fourth-order valence-electron chi connectivity index (χ4n) is 3.12. The van der Waals surface area contributed by atoms with E-state index in [1.54, 1.807) is 0 Å². The van der Waals surface area contributed by atoms with Crippen LogP contribution in [0, 0.1) is 0 Å². The van der Waals surface area contributed by atoms with Crippen LogP contribution in [0.5, 0.6) is 0 Å². The third-order valence-corrected chi connectivity index (χ3v) is 7.06. The maximum Gasteiger partial charge on any atom is 0.0395 e. The van der Waals surface area contributed by atoms with E-state index in [2.05, 4.69) is 127 Å². The highest BCUT2D eigenvalue weighted by Gasteiger charge is 2.11. The molecule has 0 atom stereocenters. The molecule has 0 amide bonds. The smallest absolute Gasteiger partial charge is 0.0395 e. The summed E-state index contributed by atoms with van der Waals surface area (Å²) in [6.45, 7) is 0. The molecule has 0 aliphatic carbocycles. The van der Waals surface area contributed by atoms with Gasteiger partial charge in [-0.3, -0.25) is 0 Å². The molecule has 3 heteroatoms. The Morgan fingerprint density at radius 2 is 1.04 bits per heavy atom. The topological polar surface area (TPSA) is 0 Å². The van der Waals surface area contributed by atoms with Gasteiger partial charge in [0.2, 0.25) is 0 Å². The molecule has 0 aliphatic rings. The molecule has 0 bridgehead atoms. The molecule has 0 spiro atoms. The first-order chi connectivity index (χ1) is 13.1. The average molecular weight is 543 g/mol. The number of benzene rings is 4. The number of hydrogen-bond acceptors (Lipinski definition) is 0. The van der Waals surface area contributed by atoms with Gasteiger partial charge in [-0.25, -0.2) is 0 Å². The lowest BCUT2D eigenvalue weighted by Crippen LogP contribution is -1.87. The van der Waals surface area contributed by atoms with Crippen molar-refractivity contribution >= 4 is 47.8 Å². The van der Waals surface area contributed by atoms with Gasteiger partial charge in [-0.15, -0.1) is 0 Å². The van der Waals surface area contributed by atoms with Crippen LogP contribution >= 0.6 is 47.8 Å². The maximum absolute atomic E-state index is 3.73. The van der Waals surface area contributed by atoms with E-state index in [0.29, 0.717) is 0 Å². The molecule has 0 N–H and O–H groups in total. The normalized spacial score (nSPS) is 10.8. The third-order valence-electron chi connectivity index (χ3n) is 4.48. The summed E-state index contributed by atoms with van der Waals surface area (Å²) < 4.78 is 3.20. The van der Waals surface area contributed by atoms with Crippen LogP contribution in [0.1, 0.15) is 0 Å². The highest BCUT2D eigenvalue weighted by atomic mass is 79.9. The molecule has 132 valence electrons. The van der Waals surface area contributed by atoms with Crippen molar-refractivity contribution < 1.29 is 0 Å². The Labute approximate surface area is 184 Å². The summed E-state index contributed by atoms with van der Waals surface area (Å²) in [6.07, 6.45) is 0. The highest BCUT2D eigenvalue weighted by molar-refractivity contribution is 9.13. The summed E-state index contributed by atoms with van der Waals surface area (Å²) in [5.74, 6) is 0. The molecule has 0 fully saturated rings. The van der Waals surface area contributed by atoms with Crippen LogP contribution in [0.25, 0.3) is 33.4 Å². The Morgan fingerprint density at radius 1 is 0.444 bits per heavy atom. The van der Waals surface area contributed by atoms with Crippen molar-refractivity contribution in [3.05, 3.63) is 104 Å². The fraction of sp³-hybridized carbons (Fsp3) is 0. The molecule has 0 unspecified atom stereocenters. The van der Waals surface area contributed by atoms with Crippen molar-refractivity contribution in [1.29, 1.82) is 0 Å². The summed E-state index contributed by atoms with van der Waals surface area (Å²) in [6, 6.07) is 32.0. The van der Waals surface area contributed by atoms with Gasteiger partial charge in [0.25, 0.3) is 0 Å². The second-order valence-electron chi connectivity index (χ2n) is 6.27. The zero-order chi connectivity index (χ0) is 18.8. The van der Waals surface area contributed by atoms with Crippen LogP contribution in [0.15, 0.2) is 104 Å². The Bertz CT molecular complexity index is 1080. The zero-order valence-corrected chi connectivity index (χ0v) is 19.1. The Balaban J connectivity index is 1.94. The largest absolute Gasteiger partial charge is 0.0622 e. The van der Waals surface area contributed by atoms with Crippen LogP contribution in [-0.4, -0.2) is 0 Å². The van der Waals surface area contributed by atoms with Crippen LogP contribution in [-0.2, 0) is 0 Å². The SMILES string of the molecule is Brc1ccc(-c2cc(-c3ccccc3)cc(-c3cccc(Br)c3Br)c2)cc1. The van der Waals surface area contributed by atoms with E-state index in [9.17, 15) is 0 Å². The van der Waals surface area contributed by atoms with E-state index >= 15 is 0 Å². The molecule has 0 aromatic heterocycles. The lowest BCUT2D eigenvalue weighted by Gasteiger charge is -2.13. The van der Waals surface area contributed by atoms with Crippen molar-refractivity contribution in [3.63, 3.8) is 0 Å². The summed E-state index contributed by atoms with van der Waals surface area (Å²) in [5, 5.41) is 0. The molecular formula is C24H15Br3. The Kier molecular flexibility index (Phi) is 5.63. The molecule has 0 aliphatic heterocycles. The van der Waals surface area contributed by atoms with Gasteiger partial charge < -0.3 is 0 Å². The molecule has 0 saturated heterocycles. The van der Waals surface area contributed by atoms with E-state index in [1.807, 2.05) is 12.1 Å². The first-order valence-corrected chi connectivity index (χ1v) is 10.9. The minimum absolute atomic E-state index is 1.05. The first-order valence-electron chi connectivity index (χ1n) is 8.53. The fourth-order valence-corrected chi connectivity index (χ4v) is 4.24. The summed E-state index contributed by atoms with van der Waals surface area (Å²) in [4.78, 5) is 0. The predicted octanol–water partition coefficient (Wildman–Crippen LogP) is 8.98. The minimum Gasteiger partial charge on any atom is -0.0622 e. The highest BCUT2D eigenvalue weighted by Crippen LogP contribution is 2.38. The van der Waals surface area contributed by atoms with Crippen LogP contribution in [0.3, 0.4) is 0 Å². The third kappa shape index (κ3) is 4.11. The molecule has 4 rings (SSSR count). The van der Waals surface area contributed by atoms with Gasteiger partial charge in [-0.2, -0.15) is 0 Å². The monoisotopic (exact) mass is 540 g/mol. The molecular weight excluding hydrogens is 528 g/mol. The molecule has 4 aromatic carbocycles. The minimum atomic E-state index is 1.05. The van der Waals surface area contributed by atoms with Gasteiger partial charge in [0.1, 0.15) is 0 Å². The summed E-state index contributed by atoms with van der Waals surface area (Å²) in [7, 11) is 0. The van der Waals surface area contributed by atoms with Crippen molar-refractivity contribution in [1.82, 2.24) is 0 Å². The number of rotatable bonds is 3. The van der Waals surface area contributed by atoms with Crippen molar-refractivity contribution in [2.45, 2.75) is 0 Å². The summed E-state index contributed by atoms with van der Waals surface area (Å²) in [5.41, 5.74) is 7.17. The quantitative estimate of drug-likeness (QED) is 0.242. The molecule has 0 nitrogen and oxygen atoms in total.